The fraction of sp³-hybridized carbons (Fsp3) is 0.188. The normalized spacial score (nSPS) is 10.9. The third-order valence-electron chi connectivity index (χ3n) is 3.27. The van der Waals surface area contributed by atoms with Gasteiger partial charge in [-0.25, -0.2) is 4.98 Å². The van der Waals surface area contributed by atoms with Gasteiger partial charge in [-0.15, -0.1) is 0 Å². The molecule has 0 N–H and O–H groups in total. The van der Waals surface area contributed by atoms with Gasteiger partial charge in [0.05, 0.1) is 17.6 Å². The van der Waals surface area contributed by atoms with E-state index in [0.717, 1.165) is 33.2 Å². The summed E-state index contributed by atoms with van der Waals surface area (Å²) in [6.45, 7) is 2.63. The van der Waals surface area contributed by atoms with Gasteiger partial charge in [-0.05, 0) is 43.3 Å². The van der Waals surface area contributed by atoms with Crippen molar-refractivity contribution in [2.45, 2.75) is 6.92 Å². The Kier molecular flexibility index (Phi) is 3.36. The third kappa shape index (κ3) is 2.25. The second kappa shape index (κ2) is 5.17. The summed E-state index contributed by atoms with van der Waals surface area (Å²) in [5.74, 6) is 1.77. The topological polar surface area (TPSA) is 27.1 Å². The number of aryl methyl sites for hydroxylation is 1. The molecule has 0 amide bonds. The monoisotopic (exact) mass is 286 g/mol. The predicted molar refractivity (Wildman–Crippen MR) is 82.3 cm³/mol. The average Bonchev–Trinajstić information content (AvgIpc) is 2.77. The largest absolute Gasteiger partial charge is 0.494 e. The lowest BCUT2D eigenvalue weighted by atomic mass is 10.2. The smallest absolute Gasteiger partial charge is 0.140 e. The molecule has 0 spiro atoms. The van der Waals surface area contributed by atoms with Gasteiger partial charge in [0, 0.05) is 23.7 Å². The Morgan fingerprint density at radius 3 is 2.60 bits per heavy atom. The van der Waals surface area contributed by atoms with Gasteiger partial charge in [-0.1, -0.05) is 11.6 Å². The molecule has 0 unspecified atom stereocenters. The molecule has 3 nitrogen and oxygen atoms in total. The summed E-state index contributed by atoms with van der Waals surface area (Å²) in [6, 6.07) is 13.7. The molecule has 0 aliphatic rings. The predicted octanol–water partition coefficient (Wildman–Crippen LogP) is 4.29. The van der Waals surface area contributed by atoms with Crippen LogP contribution in [0.2, 0.25) is 5.02 Å². The Balaban J connectivity index is 2.12. The summed E-state index contributed by atoms with van der Waals surface area (Å²) < 4.78 is 7.60. The van der Waals surface area contributed by atoms with Crippen LogP contribution in [0.25, 0.3) is 22.4 Å². The highest BCUT2D eigenvalue weighted by molar-refractivity contribution is 6.30. The summed E-state index contributed by atoms with van der Waals surface area (Å²) in [5, 5.41) is 0.728. The Labute approximate surface area is 122 Å². The van der Waals surface area contributed by atoms with E-state index < -0.39 is 0 Å². The van der Waals surface area contributed by atoms with Crippen molar-refractivity contribution in [2.24, 2.45) is 7.05 Å². The molecule has 3 aromatic rings. The number of fused-ring (bicyclic) bond motifs is 1. The lowest BCUT2D eigenvalue weighted by Crippen LogP contribution is -1.92. The Morgan fingerprint density at radius 2 is 1.90 bits per heavy atom. The molecule has 0 radical (unpaired) electrons. The standard InChI is InChI=1S/C16H15ClN2O/c1-3-20-13-8-9-15-14(10-13)18-16(19(15)2)11-4-6-12(17)7-5-11/h4-10H,3H2,1-2H3. The first-order chi connectivity index (χ1) is 9.69. The summed E-state index contributed by atoms with van der Waals surface area (Å²) in [4.78, 5) is 4.69. The van der Waals surface area contributed by atoms with E-state index in [4.69, 9.17) is 21.3 Å². The Morgan fingerprint density at radius 1 is 1.15 bits per heavy atom. The van der Waals surface area contributed by atoms with Crippen molar-refractivity contribution in [1.82, 2.24) is 9.55 Å². The number of benzene rings is 2. The van der Waals surface area contributed by atoms with Crippen molar-refractivity contribution in [3.63, 3.8) is 0 Å². The van der Waals surface area contributed by atoms with E-state index in [-0.39, 0.29) is 0 Å². The van der Waals surface area contributed by atoms with Crippen LogP contribution in [0.1, 0.15) is 6.92 Å². The highest BCUT2D eigenvalue weighted by atomic mass is 35.5. The molecule has 0 aliphatic heterocycles. The van der Waals surface area contributed by atoms with Crippen molar-refractivity contribution in [3.05, 3.63) is 47.5 Å². The van der Waals surface area contributed by atoms with Gasteiger partial charge in [-0.2, -0.15) is 0 Å². The van der Waals surface area contributed by atoms with Crippen LogP contribution >= 0.6 is 11.6 Å². The van der Waals surface area contributed by atoms with Crippen molar-refractivity contribution in [3.8, 4) is 17.1 Å². The van der Waals surface area contributed by atoms with Crippen LogP contribution < -0.4 is 4.74 Å². The lowest BCUT2D eigenvalue weighted by molar-refractivity contribution is 0.340. The first-order valence-electron chi connectivity index (χ1n) is 6.54. The van der Waals surface area contributed by atoms with Crippen LogP contribution in [0.3, 0.4) is 0 Å². The Hall–Kier alpha value is -2.00. The van der Waals surface area contributed by atoms with Gasteiger partial charge in [0.15, 0.2) is 0 Å². The lowest BCUT2D eigenvalue weighted by Gasteiger charge is -2.03. The number of aromatic nitrogens is 2. The average molecular weight is 287 g/mol. The van der Waals surface area contributed by atoms with Gasteiger partial charge in [-0.3, -0.25) is 0 Å². The van der Waals surface area contributed by atoms with E-state index >= 15 is 0 Å². The van der Waals surface area contributed by atoms with Crippen molar-refractivity contribution < 1.29 is 4.74 Å². The van der Waals surface area contributed by atoms with Gasteiger partial charge in [0.1, 0.15) is 11.6 Å². The van der Waals surface area contributed by atoms with E-state index in [1.165, 1.54) is 0 Å². The van der Waals surface area contributed by atoms with Gasteiger partial charge < -0.3 is 9.30 Å². The number of rotatable bonds is 3. The van der Waals surface area contributed by atoms with Crippen LogP contribution in [-0.2, 0) is 7.05 Å². The molecule has 0 atom stereocenters. The first-order valence-corrected chi connectivity index (χ1v) is 6.92. The molecule has 0 saturated carbocycles. The van der Waals surface area contributed by atoms with Crippen molar-refractivity contribution >= 4 is 22.6 Å². The maximum atomic E-state index is 5.93. The molecule has 4 heteroatoms. The van der Waals surface area contributed by atoms with Crippen LogP contribution in [0.4, 0.5) is 0 Å². The molecule has 20 heavy (non-hydrogen) atoms. The molecule has 1 aromatic heterocycles. The van der Waals surface area contributed by atoms with E-state index in [9.17, 15) is 0 Å². The van der Waals surface area contributed by atoms with E-state index in [1.807, 2.05) is 56.4 Å². The minimum atomic E-state index is 0.655. The fourth-order valence-corrected chi connectivity index (χ4v) is 2.42. The zero-order chi connectivity index (χ0) is 14.1. The summed E-state index contributed by atoms with van der Waals surface area (Å²) in [6.07, 6.45) is 0. The van der Waals surface area contributed by atoms with E-state index in [2.05, 4.69) is 4.57 Å². The van der Waals surface area contributed by atoms with Crippen LogP contribution in [0.5, 0.6) is 5.75 Å². The summed E-state index contributed by atoms with van der Waals surface area (Å²) in [7, 11) is 2.01. The molecule has 2 aromatic carbocycles. The van der Waals surface area contributed by atoms with Gasteiger partial charge in [0.25, 0.3) is 0 Å². The number of nitrogens with zero attached hydrogens (tertiary/aromatic N) is 2. The maximum absolute atomic E-state index is 5.93. The third-order valence-corrected chi connectivity index (χ3v) is 3.52. The molecule has 102 valence electrons. The van der Waals surface area contributed by atoms with E-state index in [1.54, 1.807) is 0 Å². The molecule has 0 saturated heterocycles. The number of hydrogen-bond donors (Lipinski definition) is 0. The highest BCUT2D eigenvalue weighted by Gasteiger charge is 2.10. The minimum absolute atomic E-state index is 0.655. The van der Waals surface area contributed by atoms with Crippen LogP contribution in [0.15, 0.2) is 42.5 Å². The second-order valence-electron chi connectivity index (χ2n) is 4.58. The van der Waals surface area contributed by atoms with E-state index in [0.29, 0.717) is 6.61 Å². The molecule has 0 aliphatic carbocycles. The zero-order valence-electron chi connectivity index (χ0n) is 11.4. The van der Waals surface area contributed by atoms with Gasteiger partial charge in [0.2, 0.25) is 0 Å². The summed E-state index contributed by atoms with van der Waals surface area (Å²) in [5.41, 5.74) is 3.06. The first kappa shape index (κ1) is 13.0. The fourth-order valence-electron chi connectivity index (χ4n) is 2.29. The highest BCUT2D eigenvalue weighted by Crippen LogP contribution is 2.27. The summed E-state index contributed by atoms with van der Waals surface area (Å²) >= 11 is 5.93. The second-order valence-corrected chi connectivity index (χ2v) is 5.02. The number of ether oxygens (including phenoxy) is 1. The number of imidazole rings is 1. The maximum Gasteiger partial charge on any atom is 0.140 e. The molecule has 1 heterocycles. The molecule has 3 rings (SSSR count). The molecular formula is C16H15ClN2O. The zero-order valence-corrected chi connectivity index (χ0v) is 12.2. The van der Waals surface area contributed by atoms with Crippen LogP contribution in [0, 0.1) is 0 Å². The Bertz CT molecular complexity index is 747. The van der Waals surface area contributed by atoms with Gasteiger partial charge >= 0.3 is 0 Å². The number of hydrogen-bond acceptors (Lipinski definition) is 2. The van der Waals surface area contributed by atoms with Crippen LogP contribution in [-0.4, -0.2) is 16.2 Å². The van der Waals surface area contributed by atoms with Crippen molar-refractivity contribution in [1.29, 1.82) is 0 Å². The quantitative estimate of drug-likeness (QED) is 0.718. The van der Waals surface area contributed by atoms with Crippen molar-refractivity contribution in [2.75, 3.05) is 6.61 Å². The molecular weight excluding hydrogens is 272 g/mol. The number of halogens is 1. The SMILES string of the molecule is CCOc1ccc2c(c1)nc(-c1ccc(Cl)cc1)n2C. The molecule has 0 fully saturated rings. The minimum Gasteiger partial charge on any atom is -0.494 e. The molecule has 0 bridgehead atoms.